The van der Waals surface area contributed by atoms with E-state index in [-0.39, 0.29) is 31.1 Å². The molecule has 0 heterocycles. The molecule has 0 unspecified atom stereocenters. The quantitative estimate of drug-likeness (QED) is 0.0344. The van der Waals surface area contributed by atoms with Crippen LogP contribution in [-0.2, 0) is 28.6 Å². The molecule has 0 aliphatic heterocycles. The van der Waals surface area contributed by atoms with Crippen LogP contribution in [0.5, 0.6) is 0 Å². The van der Waals surface area contributed by atoms with E-state index in [1.807, 2.05) is 0 Å². The Kier molecular flexibility index (Phi) is 46.2. The molecule has 0 aliphatic rings. The Labute approximate surface area is 387 Å². The van der Waals surface area contributed by atoms with Gasteiger partial charge in [-0.15, -0.1) is 0 Å². The van der Waals surface area contributed by atoms with Gasteiger partial charge in [-0.2, -0.15) is 0 Å². The number of hydrogen-bond acceptors (Lipinski definition) is 6. The lowest BCUT2D eigenvalue weighted by Crippen LogP contribution is -2.30. The van der Waals surface area contributed by atoms with Crippen LogP contribution in [0.4, 0.5) is 0 Å². The molecule has 6 nitrogen and oxygen atoms in total. The minimum atomic E-state index is -0.763. The fourth-order valence-corrected chi connectivity index (χ4v) is 8.47. The van der Waals surface area contributed by atoms with Crippen LogP contribution >= 0.6 is 0 Å². The van der Waals surface area contributed by atoms with Crippen LogP contribution < -0.4 is 0 Å². The van der Waals surface area contributed by atoms with Crippen molar-refractivity contribution in [3.63, 3.8) is 0 Å². The molecule has 0 bridgehead atoms. The second kappa shape index (κ2) is 47.4. The summed E-state index contributed by atoms with van der Waals surface area (Å²) >= 11 is 0. The molecule has 0 spiro atoms. The topological polar surface area (TPSA) is 78.9 Å². The normalized spacial score (nSPS) is 12.1. The molecule has 0 aromatic heterocycles. The average molecular weight is 877 g/mol. The number of unbranched alkanes of at least 4 members (excludes halogenated alkanes) is 32. The summed E-state index contributed by atoms with van der Waals surface area (Å²) in [6, 6.07) is 0. The highest BCUT2D eigenvalue weighted by atomic mass is 16.6. The molecule has 6 heteroatoms. The highest BCUT2D eigenvalue weighted by molar-refractivity contribution is 5.71. The van der Waals surface area contributed by atoms with Crippen LogP contribution in [0.25, 0.3) is 0 Å². The summed E-state index contributed by atoms with van der Waals surface area (Å²) in [7, 11) is 0. The molecule has 0 aromatic carbocycles. The van der Waals surface area contributed by atoms with Crippen molar-refractivity contribution in [2.24, 2.45) is 17.8 Å². The van der Waals surface area contributed by atoms with E-state index in [0.29, 0.717) is 19.3 Å². The SMILES string of the molecule is CC(C)CCCCCCCCCCCCCCCCCCC(=O)OC[C@H](COC(=O)CCCCCCCCC(C)C)OC(=O)CCCCCCCCCCCCCCCC(C)C. The van der Waals surface area contributed by atoms with E-state index in [9.17, 15) is 14.4 Å². The number of rotatable bonds is 49. The summed E-state index contributed by atoms with van der Waals surface area (Å²) in [6.07, 6.45) is 48.2. The second-order valence-electron chi connectivity index (χ2n) is 20.6. The summed E-state index contributed by atoms with van der Waals surface area (Å²) in [6.45, 7) is 13.7. The van der Waals surface area contributed by atoms with Gasteiger partial charge in [0.25, 0.3) is 0 Å². The van der Waals surface area contributed by atoms with Gasteiger partial charge >= 0.3 is 17.9 Å². The lowest BCUT2D eigenvalue weighted by atomic mass is 10.0. The summed E-state index contributed by atoms with van der Waals surface area (Å²) < 4.78 is 16.8. The predicted octanol–water partition coefficient (Wildman–Crippen LogP) is 17.9. The van der Waals surface area contributed by atoms with Crippen LogP contribution in [0, 0.1) is 17.8 Å². The Balaban J connectivity index is 4.22. The largest absolute Gasteiger partial charge is 0.462 e. The first kappa shape index (κ1) is 60.4. The van der Waals surface area contributed by atoms with E-state index in [1.165, 1.54) is 186 Å². The van der Waals surface area contributed by atoms with Crippen LogP contribution in [0.3, 0.4) is 0 Å². The molecule has 0 aromatic rings. The maximum atomic E-state index is 12.8. The van der Waals surface area contributed by atoms with Crippen molar-refractivity contribution in [1.82, 2.24) is 0 Å². The summed E-state index contributed by atoms with van der Waals surface area (Å²) in [5, 5.41) is 0. The van der Waals surface area contributed by atoms with Crippen molar-refractivity contribution in [3.8, 4) is 0 Å². The molecule has 1 atom stereocenters. The van der Waals surface area contributed by atoms with E-state index in [4.69, 9.17) is 14.2 Å². The van der Waals surface area contributed by atoms with Gasteiger partial charge in [-0.05, 0) is 37.0 Å². The van der Waals surface area contributed by atoms with Crippen molar-refractivity contribution < 1.29 is 28.6 Å². The van der Waals surface area contributed by atoms with Gasteiger partial charge in [0, 0.05) is 19.3 Å². The minimum absolute atomic E-state index is 0.0647. The van der Waals surface area contributed by atoms with Gasteiger partial charge in [0.15, 0.2) is 6.10 Å². The first-order valence-electron chi connectivity index (χ1n) is 27.6. The molecule has 0 fully saturated rings. The van der Waals surface area contributed by atoms with Gasteiger partial charge in [0.2, 0.25) is 0 Å². The van der Waals surface area contributed by atoms with Crippen LogP contribution in [0.1, 0.15) is 305 Å². The van der Waals surface area contributed by atoms with Crippen molar-refractivity contribution in [2.45, 2.75) is 311 Å². The number of esters is 3. The Bertz CT molecular complexity index is 960. The van der Waals surface area contributed by atoms with Crippen LogP contribution in [0.15, 0.2) is 0 Å². The third-order valence-corrected chi connectivity index (χ3v) is 12.6. The average Bonchev–Trinajstić information content (AvgIpc) is 3.23. The minimum Gasteiger partial charge on any atom is -0.462 e. The molecule has 0 radical (unpaired) electrons. The molecular weight excluding hydrogens is 769 g/mol. The Morgan fingerprint density at radius 1 is 0.274 bits per heavy atom. The fraction of sp³-hybridized carbons (Fsp3) is 0.946. The van der Waals surface area contributed by atoms with E-state index >= 15 is 0 Å². The number of carbonyl (C=O) groups is 3. The Morgan fingerprint density at radius 3 is 0.694 bits per heavy atom. The van der Waals surface area contributed by atoms with Crippen molar-refractivity contribution in [3.05, 3.63) is 0 Å². The molecule has 62 heavy (non-hydrogen) atoms. The van der Waals surface area contributed by atoms with Gasteiger partial charge in [0.1, 0.15) is 13.2 Å². The Morgan fingerprint density at radius 2 is 0.468 bits per heavy atom. The zero-order valence-electron chi connectivity index (χ0n) is 42.7. The first-order valence-corrected chi connectivity index (χ1v) is 27.6. The Hall–Kier alpha value is -1.59. The lowest BCUT2D eigenvalue weighted by Gasteiger charge is -2.18. The molecule has 0 saturated carbocycles. The first-order chi connectivity index (χ1) is 30.1. The standard InChI is InChI=1S/C56H108O6/c1-50(2)42-36-30-24-20-16-12-9-7-8-10-14-18-22-26-33-39-45-54(57)60-48-53(49-61-55(58)46-40-34-29-28-32-38-44-52(5)6)62-56(59)47-41-35-27-23-19-15-11-13-17-21-25-31-37-43-51(3)4/h50-53H,7-49H2,1-6H3/t53-/m1/s1. The third-order valence-electron chi connectivity index (χ3n) is 12.6. The fourth-order valence-electron chi connectivity index (χ4n) is 8.47. The molecule has 0 rings (SSSR count). The highest BCUT2D eigenvalue weighted by Crippen LogP contribution is 2.18. The maximum absolute atomic E-state index is 12.8. The predicted molar refractivity (Wildman–Crippen MR) is 266 cm³/mol. The van der Waals surface area contributed by atoms with Gasteiger partial charge in [-0.1, -0.05) is 266 Å². The molecule has 368 valence electrons. The molecule has 0 N–H and O–H groups in total. The van der Waals surface area contributed by atoms with Gasteiger partial charge in [0.05, 0.1) is 0 Å². The molecular formula is C56H108O6. The van der Waals surface area contributed by atoms with Gasteiger partial charge in [-0.25, -0.2) is 0 Å². The van der Waals surface area contributed by atoms with Crippen LogP contribution in [0.2, 0.25) is 0 Å². The van der Waals surface area contributed by atoms with E-state index < -0.39 is 6.10 Å². The van der Waals surface area contributed by atoms with Crippen molar-refractivity contribution in [1.29, 1.82) is 0 Å². The zero-order valence-corrected chi connectivity index (χ0v) is 42.7. The number of hydrogen-bond donors (Lipinski definition) is 0. The molecule has 0 saturated heterocycles. The third kappa shape index (κ3) is 49.4. The van der Waals surface area contributed by atoms with E-state index in [2.05, 4.69) is 41.5 Å². The van der Waals surface area contributed by atoms with Crippen molar-refractivity contribution >= 4 is 17.9 Å². The van der Waals surface area contributed by atoms with Crippen molar-refractivity contribution in [2.75, 3.05) is 13.2 Å². The monoisotopic (exact) mass is 877 g/mol. The van der Waals surface area contributed by atoms with E-state index in [1.54, 1.807) is 0 Å². The summed E-state index contributed by atoms with van der Waals surface area (Å²) in [4.78, 5) is 38.0. The van der Waals surface area contributed by atoms with Gasteiger partial charge < -0.3 is 14.2 Å². The molecule has 0 aliphatic carbocycles. The highest BCUT2D eigenvalue weighted by Gasteiger charge is 2.19. The number of ether oxygens (including phenoxy) is 3. The maximum Gasteiger partial charge on any atom is 0.306 e. The number of carbonyl (C=O) groups excluding carboxylic acids is 3. The molecule has 0 amide bonds. The van der Waals surface area contributed by atoms with Gasteiger partial charge in [-0.3, -0.25) is 14.4 Å². The zero-order chi connectivity index (χ0) is 45.6. The van der Waals surface area contributed by atoms with E-state index in [0.717, 1.165) is 75.5 Å². The lowest BCUT2D eigenvalue weighted by molar-refractivity contribution is -0.167. The van der Waals surface area contributed by atoms with Crippen LogP contribution in [-0.4, -0.2) is 37.2 Å². The smallest absolute Gasteiger partial charge is 0.306 e. The summed E-state index contributed by atoms with van der Waals surface area (Å²) in [5.41, 5.74) is 0. The summed E-state index contributed by atoms with van der Waals surface area (Å²) in [5.74, 6) is 1.60. The second-order valence-corrected chi connectivity index (χ2v) is 20.6.